The molecule has 0 aromatic carbocycles. The van der Waals surface area contributed by atoms with Gasteiger partial charge < -0.3 is 14.2 Å². The Labute approximate surface area is 506 Å². The molecule has 0 aliphatic heterocycles. The van der Waals surface area contributed by atoms with E-state index in [1.165, 1.54) is 122 Å². The van der Waals surface area contributed by atoms with Crippen molar-refractivity contribution < 1.29 is 28.6 Å². The second kappa shape index (κ2) is 69.0. The molecule has 1 atom stereocenters. The molecule has 0 aromatic heterocycles. The summed E-state index contributed by atoms with van der Waals surface area (Å²) in [4.78, 5) is 38.2. The van der Waals surface area contributed by atoms with Crippen LogP contribution in [0.4, 0.5) is 0 Å². The molecule has 0 aliphatic carbocycles. The minimum absolute atomic E-state index is 0.0943. The van der Waals surface area contributed by atoms with E-state index in [-0.39, 0.29) is 37.5 Å². The molecular formula is C76H126O6. The molecule has 0 saturated carbocycles. The highest BCUT2D eigenvalue weighted by Crippen LogP contribution is 2.17. The number of hydrogen-bond donors (Lipinski definition) is 0. The van der Waals surface area contributed by atoms with Crippen molar-refractivity contribution in [3.05, 3.63) is 134 Å². The first-order valence-corrected chi connectivity index (χ1v) is 34.2. The zero-order chi connectivity index (χ0) is 59.2. The fourth-order valence-electron chi connectivity index (χ4n) is 9.32. The van der Waals surface area contributed by atoms with Crippen molar-refractivity contribution in [1.82, 2.24) is 0 Å². The lowest BCUT2D eigenvalue weighted by atomic mass is 10.0. The van der Waals surface area contributed by atoms with Gasteiger partial charge in [-0.05, 0) is 128 Å². The van der Waals surface area contributed by atoms with E-state index < -0.39 is 6.10 Å². The molecule has 6 nitrogen and oxygen atoms in total. The van der Waals surface area contributed by atoms with Gasteiger partial charge in [0.15, 0.2) is 6.10 Å². The van der Waals surface area contributed by atoms with E-state index in [2.05, 4.69) is 154 Å². The van der Waals surface area contributed by atoms with Gasteiger partial charge in [0.1, 0.15) is 13.2 Å². The average Bonchev–Trinajstić information content (AvgIpc) is 3.48. The Balaban J connectivity index is 4.14. The first-order chi connectivity index (χ1) is 40.5. The standard InChI is InChI=1S/C76H126O6/c1-4-7-10-13-16-19-22-24-26-28-30-31-32-33-34-35-36-37-38-39-40-41-42-43-44-45-47-48-50-52-54-57-60-63-66-69-75(78)81-72-73(71-80-74(77)68-65-62-59-56-21-18-15-12-9-6-3)82-76(79)70-67-64-61-58-55-53-51-49-46-29-27-25-23-20-17-14-11-8-5-2/h7-8,10-12,15-17,19-20,24-27,30-31,33-34,46,49,53,55,73H,4-6,9,13-14,18,21-23,28-29,32,35-45,47-48,50-52,54,56-72H2,1-3H3/b10-7-,11-8-,15-12-,19-16-,20-17-,26-24-,27-25-,31-30-,34-33-,49-46-,55-53-. The number of hydrogen-bond acceptors (Lipinski definition) is 6. The summed E-state index contributed by atoms with van der Waals surface area (Å²) in [5.41, 5.74) is 0. The van der Waals surface area contributed by atoms with E-state index in [9.17, 15) is 14.4 Å². The van der Waals surface area contributed by atoms with Crippen LogP contribution in [0.25, 0.3) is 0 Å². The smallest absolute Gasteiger partial charge is 0.306 e. The number of unbranched alkanes of at least 4 members (excludes halogenated alkanes) is 28. The molecule has 0 amide bonds. The summed E-state index contributed by atoms with van der Waals surface area (Å²) in [7, 11) is 0. The molecule has 0 N–H and O–H groups in total. The van der Waals surface area contributed by atoms with Gasteiger partial charge >= 0.3 is 17.9 Å². The molecule has 0 saturated heterocycles. The van der Waals surface area contributed by atoms with Crippen LogP contribution in [0, 0.1) is 0 Å². The van der Waals surface area contributed by atoms with Crippen molar-refractivity contribution in [3.63, 3.8) is 0 Å². The van der Waals surface area contributed by atoms with Gasteiger partial charge in [-0.25, -0.2) is 0 Å². The third kappa shape index (κ3) is 66.4. The number of rotatable bonds is 61. The highest BCUT2D eigenvalue weighted by molar-refractivity contribution is 5.71. The zero-order valence-electron chi connectivity index (χ0n) is 53.5. The van der Waals surface area contributed by atoms with Crippen LogP contribution in [-0.4, -0.2) is 37.2 Å². The van der Waals surface area contributed by atoms with Crippen molar-refractivity contribution in [3.8, 4) is 0 Å². The average molecular weight is 1140 g/mol. The number of ether oxygens (including phenoxy) is 3. The summed E-state index contributed by atoms with van der Waals surface area (Å²) in [5, 5.41) is 0. The molecule has 0 bridgehead atoms. The normalized spacial score (nSPS) is 13.0. The van der Waals surface area contributed by atoms with Crippen LogP contribution in [0.5, 0.6) is 0 Å². The minimum Gasteiger partial charge on any atom is -0.462 e. The fourth-order valence-corrected chi connectivity index (χ4v) is 9.32. The number of allylic oxidation sites excluding steroid dienone is 22. The third-order valence-electron chi connectivity index (χ3n) is 14.4. The van der Waals surface area contributed by atoms with Gasteiger partial charge in [0, 0.05) is 19.3 Å². The van der Waals surface area contributed by atoms with Gasteiger partial charge in [0.2, 0.25) is 0 Å². The molecule has 0 aliphatic rings. The fraction of sp³-hybridized carbons (Fsp3) is 0.671. The lowest BCUT2D eigenvalue weighted by molar-refractivity contribution is -0.167. The van der Waals surface area contributed by atoms with Crippen LogP contribution < -0.4 is 0 Å². The molecular weight excluding hydrogens is 1010 g/mol. The Bertz CT molecular complexity index is 1730. The predicted molar refractivity (Wildman–Crippen MR) is 357 cm³/mol. The maximum absolute atomic E-state index is 12.9. The molecule has 466 valence electrons. The number of esters is 3. The van der Waals surface area contributed by atoms with E-state index in [1.807, 2.05) is 0 Å². The van der Waals surface area contributed by atoms with Crippen LogP contribution in [0.15, 0.2) is 134 Å². The predicted octanol–water partition coefficient (Wildman–Crippen LogP) is 23.7. The van der Waals surface area contributed by atoms with Gasteiger partial charge in [0.05, 0.1) is 0 Å². The van der Waals surface area contributed by atoms with E-state index in [4.69, 9.17) is 14.2 Å². The summed E-state index contributed by atoms with van der Waals surface area (Å²) >= 11 is 0. The van der Waals surface area contributed by atoms with Gasteiger partial charge in [-0.15, -0.1) is 0 Å². The zero-order valence-corrected chi connectivity index (χ0v) is 53.5. The van der Waals surface area contributed by atoms with Crippen molar-refractivity contribution in [1.29, 1.82) is 0 Å². The monoisotopic (exact) mass is 1130 g/mol. The molecule has 0 rings (SSSR count). The van der Waals surface area contributed by atoms with Crippen LogP contribution in [0.3, 0.4) is 0 Å². The molecule has 6 heteroatoms. The highest BCUT2D eigenvalue weighted by atomic mass is 16.6. The molecule has 0 aromatic rings. The molecule has 0 spiro atoms. The Morgan fingerprint density at radius 3 is 0.768 bits per heavy atom. The Hall–Kier alpha value is -4.45. The van der Waals surface area contributed by atoms with E-state index in [0.29, 0.717) is 12.8 Å². The molecule has 0 fully saturated rings. The Morgan fingerprint density at radius 1 is 0.256 bits per heavy atom. The van der Waals surface area contributed by atoms with E-state index >= 15 is 0 Å². The van der Waals surface area contributed by atoms with Crippen LogP contribution in [0.1, 0.15) is 310 Å². The molecule has 0 radical (unpaired) electrons. The van der Waals surface area contributed by atoms with Gasteiger partial charge in [0.25, 0.3) is 0 Å². The highest BCUT2D eigenvalue weighted by Gasteiger charge is 2.19. The Morgan fingerprint density at radius 2 is 0.476 bits per heavy atom. The lowest BCUT2D eigenvalue weighted by Crippen LogP contribution is -2.30. The summed E-state index contributed by atoms with van der Waals surface area (Å²) in [6, 6.07) is 0. The summed E-state index contributed by atoms with van der Waals surface area (Å²) in [6.45, 7) is 6.33. The maximum Gasteiger partial charge on any atom is 0.306 e. The van der Waals surface area contributed by atoms with Gasteiger partial charge in [-0.1, -0.05) is 296 Å². The van der Waals surface area contributed by atoms with Crippen LogP contribution >= 0.6 is 0 Å². The SMILES string of the molecule is CC/C=C\C/C=C\C/C=C\C/C=C\C/C=C\CCCCCCCCCCCCCCCCCCCCCC(=O)OCC(COC(=O)CCCCCCC/C=C\CCC)OC(=O)CCCCC/C=C\C/C=C\C/C=C\C/C=C\C/C=C\CC. The summed E-state index contributed by atoms with van der Waals surface area (Å²) in [6.07, 6.45) is 97.8. The Kier molecular flexibility index (Phi) is 65.3. The summed E-state index contributed by atoms with van der Waals surface area (Å²) in [5.74, 6) is -0.932. The topological polar surface area (TPSA) is 78.9 Å². The van der Waals surface area contributed by atoms with E-state index in [0.717, 1.165) is 148 Å². The van der Waals surface area contributed by atoms with Crippen molar-refractivity contribution in [2.24, 2.45) is 0 Å². The second-order valence-corrected chi connectivity index (χ2v) is 22.3. The van der Waals surface area contributed by atoms with Crippen molar-refractivity contribution in [2.45, 2.75) is 316 Å². The third-order valence-corrected chi connectivity index (χ3v) is 14.4. The first kappa shape index (κ1) is 77.5. The molecule has 82 heavy (non-hydrogen) atoms. The lowest BCUT2D eigenvalue weighted by Gasteiger charge is -2.18. The molecule has 1 unspecified atom stereocenters. The first-order valence-electron chi connectivity index (χ1n) is 34.2. The molecule has 0 heterocycles. The van der Waals surface area contributed by atoms with Crippen LogP contribution in [0.2, 0.25) is 0 Å². The second-order valence-electron chi connectivity index (χ2n) is 22.3. The number of carbonyl (C=O) groups is 3. The minimum atomic E-state index is -0.801. The van der Waals surface area contributed by atoms with Gasteiger partial charge in [-0.2, -0.15) is 0 Å². The van der Waals surface area contributed by atoms with Crippen molar-refractivity contribution >= 4 is 17.9 Å². The maximum atomic E-state index is 12.9. The largest absolute Gasteiger partial charge is 0.462 e. The van der Waals surface area contributed by atoms with E-state index in [1.54, 1.807) is 0 Å². The summed E-state index contributed by atoms with van der Waals surface area (Å²) < 4.78 is 16.9. The van der Waals surface area contributed by atoms with Crippen molar-refractivity contribution in [2.75, 3.05) is 13.2 Å². The van der Waals surface area contributed by atoms with Gasteiger partial charge in [-0.3, -0.25) is 14.4 Å². The van der Waals surface area contributed by atoms with Crippen LogP contribution in [-0.2, 0) is 28.6 Å². The number of carbonyl (C=O) groups excluding carboxylic acids is 3. The quantitative estimate of drug-likeness (QED) is 0.0261.